The number of carbonyl (C=O) groups is 1. The van der Waals surface area contributed by atoms with Gasteiger partial charge in [0, 0.05) is 6.04 Å². The van der Waals surface area contributed by atoms with Gasteiger partial charge in [0.2, 0.25) is 5.91 Å². The van der Waals surface area contributed by atoms with Crippen LogP contribution in [0.3, 0.4) is 0 Å². The lowest BCUT2D eigenvalue weighted by atomic mass is 9.48. The van der Waals surface area contributed by atoms with Crippen molar-refractivity contribution in [3.8, 4) is 6.19 Å². The average molecular weight is 397 g/mol. The summed E-state index contributed by atoms with van der Waals surface area (Å²) < 4.78 is 0. The largest absolute Gasteiger partial charge is 0.352 e. The lowest BCUT2D eigenvalue weighted by molar-refractivity contribution is -0.123. The van der Waals surface area contributed by atoms with E-state index in [1.807, 2.05) is 36.5 Å². The van der Waals surface area contributed by atoms with E-state index in [9.17, 15) is 4.79 Å². The lowest BCUT2D eigenvalue weighted by Gasteiger charge is -2.59. The first kappa shape index (κ1) is 19.3. The van der Waals surface area contributed by atoms with E-state index in [1.54, 1.807) is 0 Å². The number of amides is 1. The molecule has 0 aromatic heterocycles. The SMILES string of the molecule is C[C@@H](NC(=O)CSC(=Nc1ccccc1)NC#N)C12CC3CC(CC(C3)C1)C2. The van der Waals surface area contributed by atoms with Crippen molar-refractivity contribution in [3.05, 3.63) is 30.3 Å². The molecule has 2 N–H and O–H groups in total. The third kappa shape index (κ3) is 4.20. The second kappa shape index (κ2) is 8.16. The molecule has 148 valence electrons. The Labute approximate surface area is 171 Å². The van der Waals surface area contributed by atoms with Crippen molar-refractivity contribution in [2.45, 2.75) is 51.5 Å². The maximum Gasteiger partial charge on any atom is 0.230 e. The number of hydrogen-bond acceptors (Lipinski definition) is 4. The smallest absolute Gasteiger partial charge is 0.230 e. The van der Waals surface area contributed by atoms with Crippen LogP contribution in [0.1, 0.15) is 45.4 Å². The van der Waals surface area contributed by atoms with Gasteiger partial charge in [-0.2, -0.15) is 5.26 Å². The second-order valence-electron chi connectivity index (χ2n) is 8.85. The number of nitriles is 1. The van der Waals surface area contributed by atoms with Gasteiger partial charge < -0.3 is 5.32 Å². The van der Waals surface area contributed by atoms with E-state index in [-0.39, 0.29) is 17.7 Å². The van der Waals surface area contributed by atoms with Crippen LogP contribution in [0.25, 0.3) is 0 Å². The Kier molecular flexibility index (Phi) is 5.63. The third-order valence-corrected chi connectivity index (χ3v) is 7.74. The van der Waals surface area contributed by atoms with E-state index in [0.717, 1.165) is 23.4 Å². The van der Waals surface area contributed by atoms with E-state index >= 15 is 0 Å². The number of benzene rings is 1. The molecule has 1 atom stereocenters. The van der Waals surface area contributed by atoms with E-state index < -0.39 is 0 Å². The van der Waals surface area contributed by atoms with Crippen molar-refractivity contribution in [1.82, 2.24) is 10.6 Å². The van der Waals surface area contributed by atoms with E-state index in [2.05, 4.69) is 22.5 Å². The van der Waals surface area contributed by atoms with Gasteiger partial charge in [0.1, 0.15) is 0 Å². The summed E-state index contributed by atoms with van der Waals surface area (Å²) in [4.78, 5) is 17.0. The predicted molar refractivity (Wildman–Crippen MR) is 113 cm³/mol. The zero-order valence-corrected chi connectivity index (χ0v) is 17.2. The quantitative estimate of drug-likeness (QED) is 0.338. The van der Waals surface area contributed by atoms with Crippen LogP contribution in [0.5, 0.6) is 0 Å². The minimum Gasteiger partial charge on any atom is -0.352 e. The fraction of sp³-hybridized carbons (Fsp3) is 0.591. The van der Waals surface area contributed by atoms with Crippen molar-refractivity contribution in [2.75, 3.05) is 5.75 Å². The van der Waals surface area contributed by atoms with Gasteiger partial charge >= 0.3 is 0 Å². The number of para-hydroxylation sites is 1. The Morgan fingerprint density at radius 1 is 1.21 bits per heavy atom. The Morgan fingerprint density at radius 2 is 1.82 bits per heavy atom. The highest BCUT2D eigenvalue weighted by molar-refractivity contribution is 8.14. The molecule has 1 amide bonds. The number of nitrogens with one attached hydrogen (secondary N) is 2. The van der Waals surface area contributed by atoms with Crippen LogP contribution in [0.2, 0.25) is 0 Å². The van der Waals surface area contributed by atoms with Gasteiger partial charge in [-0.1, -0.05) is 30.0 Å². The van der Waals surface area contributed by atoms with Gasteiger partial charge in [0.25, 0.3) is 0 Å². The van der Waals surface area contributed by atoms with Crippen LogP contribution in [0.4, 0.5) is 5.69 Å². The lowest BCUT2D eigenvalue weighted by Crippen LogP contribution is -2.56. The number of nitrogens with zero attached hydrogens (tertiary/aromatic N) is 2. The molecule has 0 spiro atoms. The van der Waals surface area contributed by atoms with Gasteiger partial charge in [-0.15, -0.1) is 0 Å². The summed E-state index contributed by atoms with van der Waals surface area (Å²) in [7, 11) is 0. The van der Waals surface area contributed by atoms with Crippen LogP contribution < -0.4 is 10.6 Å². The monoisotopic (exact) mass is 396 g/mol. The number of hydrogen-bond donors (Lipinski definition) is 2. The van der Waals surface area contributed by atoms with Crippen molar-refractivity contribution in [1.29, 1.82) is 5.26 Å². The third-order valence-electron chi connectivity index (χ3n) is 6.87. The molecule has 0 aliphatic heterocycles. The van der Waals surface area contributed by atoms with Gasteiger partial charge in [0.15, 0.2) is 11.4 Å². The van der Waals surface area contributed by atoms with Crippen molar-refractivity contribution < 1.29 is 4.79 Å². The predicted octanol–water partition coefficient (Wildman–Crippen LogP) is 4.20. The van der Waals surface area contributed by atoms with E-state index in [0.29, 0.717) is 10.6 Å². The number of amidine groups is 1. The molecular weight excluding hydrogens is 368 g/mol. The fourth-order valence-electron chi connectivity index (χ4n) is 6.04. The van der Waals surface area contributed by atoms with Crippen LogP contribution in [0.15, 0.2) is 35.3 Å². The summed E-state index contributed by atoms with van der Waals surface area (Å²) in [6.45, 7) is 2.20. The minimum absolute atomic E-state index is 0.0220. The van der Waals surface area contributed by atoms with Gasteiger partial charge in [0.05, 0.1) is 11.4 Å². The number of aliphatic imine (C=N–C) groups is 1. The van der Waals surface area contributed by atoms with Gasteiger partial charge in [-0.3, -0.25) is 10.1 Å². The van der Waals surface area contributed by atoms with Crippen LogP contribution in [0, 0.1) is 34.6 Å². The maximum absolute atomic E-state index is 12.6. The van der Waals surface area contributed by atoms with E-state index in [4.69, 9.17) is 5.26 Å². The summed E-state index contributed by atoms with van der Waals surface area (Å²) >= 11 is 1.27. The van der Waals surface area contributed by atoms with Gasteiger partial charge in [-0.05, 0) is 80.8 Å². The van der Waals surface area contributed by atoms with Crippen molar-refractivity contribution >= 4 is 28.5 Å². The molecule has 6 heteroatoms. The summed E-state index contributed by atoms with van der Waals surface area (Å²) in [5.74, 6) is 2.92. The Morgan fingerprint density at radius 3 is 2.39 bits per heavy atom. The zero-order valence-electron chi connectivity index (χ0n) is 16.4. The molecule has 5 nitrogen and oxygen atoms in total. The van der Waals surface area contributed by atoms with Gasteiger partial charge in [-0.25, -0.2) is 4.99 Å². The molecule has 0 radical (unpaired) electrons. The standard InChI is InChI=1S/C22H28N4OS/c1-15(22-10-16-7-17(11-22)9-18(8-16)12-22)25-20(27)13-28-21(24-14-23)26-19-5-3-2-4-6-19/h2-6,15-18H,7-13H2,1H3,(H,24,26)(H,25,27)/t15-,16?,17?,18?,22?/m1/s1. The maximum atomic E-state index is 12.6. The summed E-state index contributed by atoms with van der Waals surface area (Å²) in [5.41, 5.74) is 1.07. The molecule has 0 saturated heterocycles. The summed E-state index contributed by atoms with van der Waals surface area (Å²) in [6.07, 6.45) is 9.99. The molecule has 4 aliphatic rings. The average Bonchev–Trinajstić information content (AvgIpc) is 2.66. The number of rotatable bonds is 5. The molecule has 4 bridgehead atoms. The highest BCUT2D eigenvalue weighted by Crippen LogP contribution is 2.61. The molecule has 1 aromatic carbocycles. The molecular formula is C22H28N4OS. The molecule has 0 heterocycles. The Bertz CT molecular complexity index is 750. The summed E-state index contributed by atoms with van der Waals surface area (Å²) in [5, 5.41) is 15.3. The topological polar surface area (TPSA) is 77.3 Å². The first-order valence-corrected chi connectivity index (χ1v) is 11.3. The minimum atomic E-state index is 0.0220. The molecule has 5 rings (SSSR count). The highest BCUT2D eigenvalue weighted by atomic mass is 32.2. The first-order chi connectivity index (χ1) is 13.6. The second-order valence-corrected chi connectivity index (χ2v) is 9.81. The fourth-order valence-corrected chi connectivity index (χ4v) is 6.68. The first-order valence-electron chi connectivity index (χ1n) is 10.3. The van der Waals surface area contributed by atoms with Crippen LogP contribution >= 0.6 is 11.8 Å². The number of carbonyl (C=O) groups excluding carboxylic acids is 1. The van der Waals surface area contributed by atoms with E-state index in [1.165, 1.54) is 50.3 Å². The molecule has 1 aromatic rings. The molecule has 4 aliphatic carbocycles. The normalized spacial score (nSPS) is 31.9. The van der Waals surface area contributed by atoms with Crippen molar-refractivity contribution in [3.63, 3.8) is 0 Å². The number of thioether (sulfide) groups is 1. The molecule has 28 heavy (non-hydrogen) atoms. The zero-order chi connectivity index (χ0) is 19.6. The van der Waals surface area contributed by atoms with Crippen LogP contribution in [-0.4, -0.2) is 22.9 Å². The molecule has 4 saturated carbocycles. The molecule has 0 unspecified atom stereocenters. The van der Waals surface area contributed by atoms with Crippen molar-refractivity contribution in [2.24, 2.45) is 28.2 Å². The Balaban J connectivity index is 1.34. The van der Waals surface area contributed by atoms with Crippen LogP contribution in [-0.2, 0) is 4.79 Å². The highest BCUT2D eigenvalue weighted by Gasteiger charge is 2.53. The Hall–Kier alpha value is -2.00. The summed E-state index contributed by atoms with van der Waals surface area (Å²) in [6, 6.07) is 9.67. The molecule has 4 fully saturated rings.